The van der Waals surface area contributed by atoms with Gasteiger partial charge in [-0.25, -0.2) is 17.2 Å². The molecule has 2 aromatic rings. The zero-order valence-corrected chi connectivity index (χ0v) is 15.5. The molecule has 0 saturated carbocycles. The van der Waals surface area contributed by atoms with E-state index < -0.39 is 33.8 Å². The molecule has 27 heavy (non-hydrogen) atoms. The summed E-state index contributed by atoms with van der Waals surface area (Å²) in [4.78, 5) is 2.11. The van der Waals surface area contributed by atoms with Gasteiger partial charge in [0.1, 0.15) is 17.7 Å². The quantitative estimate of drug-likeness (QED) is 0.825. The third-order valence-electron chi connectivity index (χ3n) is 5.10. The van der Waals surface area contributed by atoms with Gasteiger partial charge in [-0.05, 0) is 24.6 Å². The molecule has 2 aliphatic heterocycles. The van der Waals surface area contributed by atoms with Gasteiger partial charge in [-0.3, -0.25) is 4.90 Å². The van der Waals surface area contributed by atoms with Crippen LogP contribution in [0.15, 0.2) is 24.4 Å². The van der Waals surface area contributed by atoms with Gasteiger partial charge < -0.3 is 10.5 Å². The van der Waals surface area contributed by atoms with Crippen LogP contribution in [0.5, 0.6) is 0 Å². The van der Waals surface area contributed by atoms with Gasteiger partial charge in [-0.2, -0.15) is 9.19 Å². The van der Waals surface area contributed by atoms with Gasteiger partial charge in [-0.1, -0.05) is 0 Å². The van der Waals surface area contributed by atoms with Gasteiger partial charge >= 0.3 is 0 Å². The van der Waals surface area contributed by atoms with Crippen LogP contribution in [0, 0.1) is 11.6 Å². The minimum absolute atomic E-state index is 0.00578. The summed E-state index contributed by atoms with van der Waals surface area (Å²) >= 11 is 0. The smallest absolute Gasteiger partial charge is 0.250 e. The van der Waals surface area contributed by atoms with Crippen molar-refractivity contribution in [3.8, 4) is 0 Å². The summed E-state index contributed by atoms with van der Waals surface area (Å²) in [5.41, 5.74) is 7.91. The van der Waals surface area contributed by atoms with E-state index in [0.29, 0.717) is 31.8 Å². The molecule has 0 bridgehead atoms. The molecule has 7 nitrogen and oxygen atoms in total. The lowest BCUT2D eigenvalue weighted by Gasteiger charge is -2.38. The van der Waals surface area contributed by atoms with Gasteiger partial charge in [0.15, 0.2) is 0 Å². The molecule has 2 aliphatic rings. The minimum Gasteiger partial charge on any atom is -0.370 e. The third kappa shape index (κ3) is 3.49. The second-order valence-corrected chi connectivity index (χ2v) is 8.95. The molecule has 1 aromatic carbocycles. The monoisotopic (exact) mass is 404 g/mol. The van der Waals surface area contributed by atoms with Crippen LogP contribution < -0.4 is 5.73 Å². The number of fused-ring (bicyclic) bond motifs is 1. The summed E-state index contributed by atoms with van der Waals surface area (Å²) in [5.74, 6) is -1.07. The van der Waals surface area contributed by atoms with E-state index in [9.17, 15) is 17.2 Å². The Morgan fingerprint density at radius 2 is 2.07 bits per heavy atom. The molecule has 0 unspecified atom stereocenters. The van der Waals surface area contributed by atoms with E-state index >= 15 is 0 Å². The van der Waals surface area contributed by atoms with Crippen LogP contribution >= 0.6 is 0 Å². The Morgan fingerprint density at radius 3 is 2.74 bits per heavy atom. The first kappa shape index (κ1) is 18.5. The number of ether oxygens (including phenoxy) is 1. The highest BCUT2D eigenvalue weighted by Gasteiger charge is 2.37. The lowest BCUT2D eigenvalue weighted by molar-refractivity contribution is -0.0533. The maximum absolute atomic E-state index is 14.0. The molecule has 1 fully saturated rings. The van der Waals surface area contributed by atoms with E-state index in [1.54, 1.807) is 0 Å². The summed E-state index contributed by atoms with van der Waals surface area (Å²) in [6, 6.07) is 2.78. The Kier molecular flexibility index (Phi) is 4.53. The van der Waals surface area contributed by atoms with Gasteiger partial charge in [0, 0.05) is 42.5 Å². The summed E-state index contributed by atoms with van der Waals surface area (Å²) in [6.07, 6.45) is 2.49. The van der Waals surface area contributed by atoms with Crippen molar-refractivity contribution in [2.75, 3.05) is 12.9 Å². The molecule has 0 amide bonds. The van der Waals surface area contributed by atoms with Crippen molar-refractivity contribution < 1.29 is 21.9 Å². The van der Waals surface area contributed by atoms with Crippen LogP contribution in [0.3, 0.4) is 0 Å². The average molecular weight is 404 g/mol. The molecule has 3 atom stereocenters. The number of nitrogens with two attached hydrogens (primary N) is 1. The molecule has 0 radical (unpaired) electrons. The first-order chi connectivity index (χ1) is 12.7. The molecule has 1 aromatic heterocycles. The van der Waals surface area contributed by atoms with E-state index in [2.05, 4.69) is 10.00 Å². The van der Waals surface area contributed by atoms with Crippen molar-refractivity contribution in [2.24, 2.45) is 5.73 Å². The number of benzene rings is 1. The lowest BCUT2D eigenvalue weighted by Crippen LogP contribution is -2.47. The molecule has 146 valence electrons. The van der Waals surface area contributed by atoms with Gasteiger partial charge in [0.2, 0.25) is 0 Å². The van der Waals surface area contributed by atoms with Crippen molar-refractivity contribution in [3.05, 3.63) is 52.9 Å². The van der Waals surface area contributed by atoms with E-state index in [0.717, 1.165) is 34.1 Å². The topological polar surface area (TPSA) is 90.5 Å². The molecule has 4 rings (SSSR count). The van der Waals surface area contributed by atoms with Crippen LogP contribution in [-0.4, -0.2) is 47.4 Å². The number of rotatable bonds is 3. The van der Waals surface area contributed by atoms with Crippen molar-refractivity contribution >= 4 is 10.0 Å². The van der Waals surface area contributed by atoms with E-state index in [1.807, 2.05) is 0 Å². The lowest BCUT2D eigenvalue weighted by atomic mass is 10.0. The minimum atomic E-state index is -3.40. The second kappa shape index (κ2) is 6.62. The molecule has 0 aliphatic carbocycles. The number of aromatic nitrogens is 2. The second-order valence-electron chi connectivity index (χ2n) is 7.11. The Labute approximate surface area is 155 Å². The van der Waals surface area contributed by atoms with Crippen LogP contribution in [0.4, 0.5) is 8.78 Å². The van der Waals surface area contributed by atoms with Crippen molar-refractivity contribution in [1.29, 1.82) is 0 Å². The van der Waals surface area contributed by atoms with E-state index in [4.69, 9.17) is 10.5 Å². The zero-order chi connectivity index (χ0) is 19.3. The first-order valence-electron chi connectivity index (χ1n) is 8.56. The largest absolute Gasteiger partial charge is 0.370 e. The zero-order valence-electron chi connectivity index (χ0n) is 14.7. The summed E-state index contributed by atoms with van der Waals surface area (Å²) < 4.78 is 57.4. The van der Waals surface area contributed by atoms with Crippen molar-refractivity contribution in [2.45, 2.75) is 37.7 Å². The molecule has 1 saturated heterocycles. The maximum atomic E-state index is 14.0. The van der Waals surface area contributed by atoms with Gasteiger partial charge in [0.25, 0.3) is 10.0 Å². The summed E-state index contributed by atoms with van der Waals surface area (Å²) in [6.45, 7) is 1.37. The first-order valence-corrected chi connectivity index (χ1v) is 10.4. The fourth-order valence-electron chi connectivity index (χ4n) is 3.73. The molecule has 0 spiro atoms. The Hall–Kier alpha value is -1.88. The Morgan fingerprint density at radius 1 is 1.30 bits per heavy atom. The number of hydrogen-bond donors (Lipinski definition) is 1. The fourth-order valence-corrected chi connectivity index (χ4v) is 4.30. The summed E-state index contributed by atoms with van der Waals surface area (Å²) in [7, 11) is -3.40. The van der Waals surface area contributed by atoms with Crippen molar-refractivity contribution in [1.82, 2.24) is 14.1 Å². The van der Waals surface area contributed by atoms with Crippen LogP contribution in [0.2, 0.25) is 0 Å². The molecule has 10 heteroatoms. The molecule has 2 N–H and O–H groups in total. The molecule has 3 heterocycles. The fraction of sp³-hybridized carbons (Fsp3) is 0.471. The van der Waals surface area contributed by atoms with Crippen molar-refractivity contribution in [3.63, 3.8) is 0 Å². The highest BCUT2D eigenvalue weighted by Crippen LogP contribution is 2.34. The van der Waals surface area contributed by atoms with Crippen LogP contribution in [-0.2, 0) is 27.8 Å². The SMILES string of the molecule is CS(=O)(=O)n1cc2c(n1)CN([C@H]1CO[C@H]([13c]3[13cH][13c](F)[13cH][13cH][13c]3F)[C@@H](N)C1)C2. The Bertz CT molecular complexity index is 955. The normalized spacial score (nSPS) is 26.3. The number of hydrogen-bond acceptors (Lipinski definition) is 6. The highest BCUT2D eigenvalue weighted by molar-refractivity contribution is 7.89. The highest BCUT2D eigenvalue weighted by atomic mass is 32.2. The number of halogens is 2. The predicted octanol–water partition coefficient (Wildman–Crippen LogP) is 1.14. The van der Waals surface area contributed by atoms with Crippen LogP contribution in [0.25, 0.3) is 0 Å². The maximum Gasteiger partial charge on any atom is 0.250 e. The van der Waals surface area contributed by atoms with Crippen LogP contribution in [0.1, 0.15) is 29.3 Å². The summed E-state index contributed by atoms with van der Waals surface area (Å²) in [5, 5.41) is 4.13. The standard InChI is InChI=1S/C17H20F2N4O3S/c1-27(24,25)23-7-10-6-22(8-16(10)21-23)12-5-15(20)17(26-9-12)13-4-11(18)2-3-14(13)19/h2-4,7,12,15,17H,5-6,8-9,20H2,1H3/t12-,15+,17-/m1/s1/i2+1,3+1,4+1,11+1,13+1,14+1. The molecular formula is C17H20F2N4O3S. The van der Waals surface area contributed by atoms with Gasteiger partial charge in [0.05, 0.1) is 18.6 Å². The Balaban J connectivity index is 1.44. The van der Waals surface area contributed by atoms with E-state index in [-0.39, 0.29) is 11.6 Å². The number of nitrogens with zero attached hydrogens (tertiary/aromatic N) is 3. The predicted molar refractivity (Wildman–Crippen MR) is 93.1 cm³/mol. The molecular weight excluding hydrogens is 384 g/mol. The van der Waals surface area contributed by atoms with E-state index in [1.165, 1.54) is 6.20 Å². The van der Waals surface area contributed by atoms with Gasteiger partial charge in [-0.15, -0.1) is 0 Å². The third-order valence-corrected chi connectivity index (χ3v) is 5.97. The average Bonchev–Trinajstić information content (AvgIpc) is 3.16.